The molecule has 0 bridgehead atoms. The number of carbonyl (C=O) groups excluding carboxylic acids is 4. The standard InChI is InChI=1S/C45H61ClN4O7/c1-26-16-19-45(40(54)47-23-31-24-50(49-48-31)34-13-11-10-12-33(34)46)21-20-43(8)32(38(45)27(26)2)14-15-37-41(6)22-35(56-29(4)52)39(57-30(5)53)42(7,25-55-28(3)51)36(41)17-18-44(37,43)9/h10-14,24,26-27,35-39H,15-23,25H2,1-9H3,(H,47,54)/t26-,27+,35-,36-,37-,38+,39+,41+,42+,43-,44-,45+/m1/s1. The Morgan fingerprint density at radius 2 is 1.63 bits per heavy atom. The zero-order chi connectivity index (χ0) is 41.3. The van der Waals surface area contributed by atoms with Gasteiger partial charge in [0.1, 0.15) is 24.5 Å². The molecule has 1 N–H and O–H groups in total. The highest BCUT2D eigenvalue weighted by atomic mass is 35.5. The lowest BCUT2D eigenvalue weighted by Crippen LogP contribution is -2.69. The van der Waals surface area contributed by atoms with Crippen molar-refractivity contribution in [2.45, 2.75) is 132 Å². The van der Waals surface area contributed by atoms with Crippen LogP contribution in [0.15, 0.2) is 42.1 Å². The lowest BCUT2D eigenvalue weighted by atomic mass is 9.33. The van der Waals surface area contributed by atoms with E-state index in [1.807, 2.05) is 37.4 Å². The number of rotatable bonds is 8. The number of carbonyl (C=O) groups is 4. The fourth-order valence-electron chi connectivity index (χ4n) is 13.4. The molecule has 4 fully saturated rings. The summed E-state index contributed by atoms with van der Waals surface area (Å²) >= 11 is 6.43. The molecule has 11 nitrogen and oxygen atoms in total. The fourth-order valence-corrected chi connectivity index (χ4v) is 13.6. The Bertz CT molecular complexity index is 1970. The number of allylic oxidation sites excluding steroid dienone is 2. The Kier molecular flexibility index (Phi) is 10.8. The van der Waals surface area contributed by atoms with Gasteiger partial charge >= 0.3 is 17.9 Å². The minimum absolute atomic E-state index is 0.0232. The number of halogens is 1. The number of ether oxygens (including phenoxy) is 3. The third-order valence-corrected chi connectivity index (χ3v) is 16.7. The first kappa shape index (κ1) is 41.4. The van der Waals surface area contributed by atoms with Crippen molar-refractivity contribution in [1.82, 2.24) is 20.3 Å². The highest BCUT2D eigenvalue weighted by molar-refractivity contribution is 6.32. The maximum Gasteiger partial charge on any atom is 0.303 e. The van der Waals surface area contributed by atoms with Crippen molar-refractivity contribution in [1.29, 1.82) is 0 Å². The van der Waals surface area contributed by atoms with Crippen molar-refractivity contribution in [2.75, 3.05) is 6.61 Å². The van der Waals surface area contributed by atoms with E-state index in [2.05, 4.69) is 56.3 Å². The van der Waals surface area contributed by atoms with Crippen LogP contribution in [0.2, 0.25) is 5.02 Å². The maximum absolute atomic E-state index is 14.8. The number of hydrogen-bond acceptors (Lipinski definition) is 9. The topological polar surface area (TPSA) is 139 Å². The number of para-hydroxylation sites is 1. The van der Waals surface area contributed by atoms with E-state index in [0.29, 0.717) is 29.0 Å². The largest absolute Gasteiger partial charge is 0.465 e. The van der Waals surface area contributed by atoms with Gasteiger partial charge in [-0.1, -0.05) is 82.1 Å². The minimum Gasteiger partial charge on any atom is -0.465 e. The SMILES string of the molecule is CC(=O)OC[C@@]1(C)[C@@H]2CC[C@]3(C)[C@H](CC=C4[C@@H]5[C@@H](C)[C@H](C)CC[C@]5(C(=O)NCc5cn(-c6ccccc6Cl)nn5)CC[C@]43C)[C@@]2(C)C[C@@H](OC(C)=O)[C@@H]1OC(C)=O. The van der Waals surface area contributed by atoms with E-state index < -0.39 is 40.9 Å². The Hall–Kier alpha value is -3.73. The second-order valence-electron chi connectivity index (χ2n) is 19.3. The third-order valence-electron chi connectivity index (χ3n) is 16.4. The summed E-state index contributed by atoms with van der Waals surface area (Å²) in [4.78, 5) is 52.3. The van der Waals surface area contributed by atoms with Crippen LogP contribution in [-0.2, 0) is 39.9 Å². The normalized spacial score (nSPS) is 39.5. The Morgan fingerprint density at radius 3 is 2.32 bits per heavy atom. The predicted octanol–water partition coefficient (Wildman–Crippen LogP) is 8.21. The fraction of sp³-hybridized carbons (Fsp3) is 0.689. The molecule has 0 radical (unpaired) electrons. The van der Waals surface area contributed by atoms with Gasteiger partial charge in [0.05, 0.1) is 28.9 Å². The van der Waals surface area contributed by atoms with Crippen molar-refractivity contribution >= 4 is 35.4 Å². The number of fused-ring (bicyclic) bond motifs is 7. The van der Waals surface area contributed by atoms with Gasteiger partial charge in [-0.3, -0.25) is 19.2 Å². The molecule has 5 aliphatic carbocycles. The van der Waals surface area contributed by atoms with Gasteiger partial charge in [-0.2, -0.15) is 0 Å². The van der Waals surface area contributed by atoms with Crippen LogP contribution in [0.4, 0.5) is 0 Å². The number of amides is 1. The predicted molar refractivity (Wildman–Crippen MR) is 215 cm³/mol. The number of nitrogens with one attached hydrogen (secondary N) is 1. The van der Waals surface area contributed by atoms with E-state index in [4.69, 9.17) is 25.8 Å². The summed E-state index contributed by atoms with van der Waals surface area (Å²) in [6.45, 7) is 18.5. The maximum atomic E-state index is 14.8. The van der Waals surface area contributed by atoms with Gasteiger partial charge in [0.15, 0.2) is 0 Å². The average Bonchev–Trinajstić information content (AvgIpc) is 3.62. The second-order valence-corrected chi connectivity index (χ2v) is 19.7. The molecule has 4 saturated carbocycles. The molecule has 310 valence electrons. The molecule has 5 aliphatic rings. The van der Waals surface area contributed by atoms with Gasteiger partial charge in [0.25, 0.3) is 0 Å². The Labute approximate surface area is 342 Å². The van der Waals surface area contributed by atoms with Crippen LogP contribution >= 0.6 is 11.6 Å². The highest BCUT2D eigenvalue weighted by Gasteiger charge is 2.72. The smallest absolute Gasteiger partial charge is 0.303 e. The highest BCUT2D eigenvalue weighted by Crippen LogP contribution is 2.76. The first-order chi connectivity index (χ1) is 26.8. The van der Waals surface area contributed by atoms with Crippen LogP contribution in [0.5, 0.6) is 0 Å². The number of esters is 3. The summed E-state index contributed by atoms with van der Waals surface area (Å²) in [7, 11) is 0. The summed E-state index contributed by atoms with van der Waals surface area (Å²) in [5, 5.41) is 12.6. The van der Waals surface area contributed by atoms with E-state index in [1.165, 1.54) is 26.3 Å². The molecular weight excluding hydrogens is 744 g/mol. The minimum atomic E-state index is -0.789. The van der Waals surface area contributed by atoms with E-state index in [1.54, 1.807) is 4.68 Å². The first-order valence-corrected chi connectivity index (χ1v) is 21.3. The molecule has 0 aliphatic heterocycles. The van der Waals surface area contributed by atoms with Crippen molar-refractivity contribution < 1.29 is 33.4 Å². The van der Waals surface area contributed by atoms with Crippen LogP contribution in [0, 0.1) is 56.7 Å². The molecule has 0 unspecified atom stereocenters. The molecule has 7 rings (SSSR count). The third kappa shape index (κ3) is 6.62. The van der Waals surface area contributed by atoms with Gasteiger partial charge in [0, 0.05) is 26.2 Å². The summed E-state index contributed by atoms with van der Waals surface area (Å²) in [6, 6.07) is 7.47. The molecule has 1 heterocycles. The summed E-state index contributed by atoms with van der Waals surface area (Å²) in [5.41, 5.74) is 0.841. The van der Waals surface area contributed by atoms with Gasteiger partial charge in [-0.25, -0.2) is 4.68 Å². The van der Waals surface area contributed by atoms with Crippen molar-refractivity contribution in [3.8, 4) is 5.69 Å². The van der Waals surface area contributed by atoms with Gasteiger partial charge in [-0.05, 0) is 109 Å². The van der Waals surface area contributed by atoms with Crippen LogP contribution < -0.4 is 5.32 Å². The van der Waals surface area contributed by atoms with Crippen molar-refractivity contribution in [3.05, 3.63) is 52.8 Å². The van der Waals surface area contributed by atoms with Crippen molar-refractivity contribution in [2.24, 2.45) is 56.7 Å². The Balaban J connectivity index is 1.22. The number of benzene rings is 1. The molecular formula is C45H61ClN4O7. The molecule has 12 atom stereocenters. The van der Waals surface area contributed by atoms with Gasteiger partial charge < -0.3 is 19.5 Å². The Morgan fingerprint density at radius 1 is 0.912 bits per heavy atom. The molecule has 0 saturated heterocycles. The van der Waals surface area contributed by atoms with Gasteiger partial charge in [0.2, 0.25) is 5.91 Å². The number of hydrogen-bond donors (Lipinski definition) is 1. The monoisotopic (exact) mass is 804 g/mol. The quantitative estimate of drug-likeness (QED) is 0.159. The molecule has 57 heavy (non-hydrogen) atoms. The van der Waals surface area contributed by atoms with E-state index in [9.17, 15) is 19.2 Å². The zero-order valence-corrected chi connectivity index (χ0v) is 35.9. The molecule has 1 aromatic heterocycles. The van der Waals surface area contributed by atoms with Crippen LogP contribution in [-0.4, -0.2) is 57.6 Å². The van der Waals surface area contributed by atoms with E-state index in [-0.39, 0.29) is 53.1 Å². The van der Waals surface area contributed by atoms with E-state index in [0.717, 1.165) is 50.6 Å². The van der Waals surface area contributed by atoms with Crippen LogP contribution in [0.25, 0.3) is 5.69 Å². The van der Waals surface area contributed by atoms with Crippen molar-refractivity contribution in [3.63, 3.8) is 0 Å². The first-order valence-electron chi connectivity index (χ1n) is 20.9. The summed E-state index contributed by atoms with van der Waals surface area (Å²) < 4.78 is 19.5. The zero-order valence-electron chi connectivity index (χ0n) is 35.2. The van der Waals surface area contributed by atoms with E-state index >= 15 is 0 Å². The molecule has 1 amide bonds. The molecule has 12 heteroatoms. The molecule has 2 aromatic rings. The lowest BCUT2D eigenvalue weighted by molar-refractivity contribution is -0.255. The molecule has 0 spiro atoms. The lowest BCUT2D eigenvalue weighted by Gasteiger charge is -2.72. The van der Waals surface area contributed by atoms with Crippen LogP contribution in [0.3, 0.4) is 0 Å². The summed E-state index contributed by atoms with van der Waals surface area (Å²) in [6.07, 6.45) is 9.51. The van der Waals surface area contributed by atoms with Crippen LogP contribution in [0.1, 0.15) is 119 Å². The number of aromatic nitrogens is 3. The second kappa shape index (κ2) is 14.8. The summed E-state index contributed by atoms with van der Waals surface area (Å²) in [5.74, 6) is -0.108. The molecule has 1 aromatic carbocycles. The van der Waals surface area contributed by atoms with Gasteiger partial charge in [-0.15, -0.1) is 5.10 Å². The average molecular weight is 805 g/mol. The number of nitrogens with zero attached hydrogens (tertiary/aromatic N) is 3.